The van der Waals surface area contributed by atoms with Crippen LogP contribution in [-0.2, 0) is 26.8 Å². The molecule has 0 fully saturated rings. The number of rotatable bonds is 9. The molecule has 164 valence electrons. The van der Waals surface area contributed by atoms with E-state index in [2.05, 4.69) is 22.2 Å². The van der Waals surface area contributed by atoms with Gasteiger partial charge in [-0.1, -0.05) is 68.1 Å². The Hall–Kier alpha value is -1.62. The number of nitrogens with two attached hydrogens (primary N) is 1. The Morgan fingerprint density at radius 2 is 1.34 bits per heavy atom. The molecule has 29 heavy (non-hydrogen) atoms. The standard InChI is InChI=1S/C9H12NO2P.C9H13N.C4H10O.CH4/c1-8(10-12-13-11)7-9-5-3-2-4-6-9;1-8(10)7-9-5-3-2-4-6-9;1-3-5-4-2;/h2-6,8,10H,7H2,1H3;2-6,8H,7,10H2,1H3;3-4H2,1-2H3;1H4/t2*8-;;/m00../s1. The van der Waals surface area contributed by atoms with Crippen molar-refractivity contribution in [3.05, 3.63) is 71.8 Å². The summed E-state index contributed by atoms with van der Waals surface area (Å²) >= 11 is 0. The molecule has 0 amide bonds. The first kappa shape index (κ1) is 29.6. The highest BCUT2D eigenvalue weighted by atomic mass is 31.1. The van der Waals surface area contributed by atoms with Gasteiger partial charge in [-0.2, -0.15) is 5.48 Å². The first-order valence-electron chi connectivity index (χ1n) is 9.68. The minimum absolute atomic E-state index is 0. The quantitative estimate of drug-likeness (QED) is 0.406. The molecule has 0 unspecified atom stereocenters. The van der Waals surface area contributed by atoms with Crippen LogP contribution in [-0.4, -0.2) is 25.3 Å². The molecule has 0 saturated heterocycles. The van der Waals surface area contributed by atoms with Crippen molar-refractivity contribution in [2.75, 3.05) is 13.2 Å². The van der Waals surface area contributed by atoms with Crippen LogP contribution in [0.5, 0.6) is 0 Å². The molecule has 2 aromatic carbocycles. The maximum atomic E-state index is 9.97. The first-order valence-corrected chi connectivity index (χ1v) is 10.4. The van der Waals surface area contributed by atoms with Crippen molar-refractivity contribution in [3.63, 3.8) is 0 Å². The van der Waals surface area contributed by atoms with Crippen LogP contribution in [0.25, 0.3) is 0 Å². The van der Waals surface area contributed by atoms with Gasteiger partial charge in [0.05, 0.1) is 0 Å². The molecule has 0 aromatic heterocycles. The van der Waals surface area contributed by atoms with E-state index in [9.17, 15) is 4.57 Å². The van der Waals surface area contributed by atoms with Gasteiger partial charge in [-0.25, -0.2) is 9.19 Å². The fraction of sp³-hybridized carbons (Fsp3) is 0.478. The average Bonchev–Trinajstić information content (AvgIpc) is 2.69. The molecule has 3 N–H and O–H groups in total. The average molecular weight is 423 g/mol. The van der Waals surface area contributed by atoms with Gasteiger partial charge < -0.3 is 10.5 Å². The Morgan fingerprint density at radius 3 is 1.69 bits per heavy atom. The van der Waals surface area contributed by atoms with E-state index in [1.54, 1.807) is 0 Å². The number of hydrogen-bond donors (Lipinski definition) is 2. The summed E-state index contributed by atoms with van der Waals surface area (Å²) in [6.45, 7) is 9.66. The Morgan fingerprint density at radius 1 is 0.897 bits per heavy atom. The van der Waals surface area contributed by atoms with Crippen molar-refractivity contribution in [1.82, 2.24) is 5.48 Å². The zero-order chi connectivity index (χ0) is 21.0. The summed E-state index contributed by atoms with van der Waals surface area (Å²) in [6.07, 6.45) is 1.83. The smallest absolute Gasteiger partial charge is 0.346 e. The second-order valence-electron chi connectivity index (χ2n) is 6.32. The van der Waals surface area contributed by atoms with Gasteiger partial charge in [0.1, 0.15) is 0 Å². The van der Waals surface area contributed by atoms with E-state index >= 15 is 0 Å². The van der Waals surface area contributed by atoms with E-state index in [4.69, 9.17) is 10.5 Å². The molecule has 2 aromatic rings. The second-order valence-corrected chi connectivity index (χ2v) is 6.65. The van der Waals surface area contributed by atoms with Gasteiger partial charge in [-0.3, -0.25) is 0 Å². The third kappa shape index (κ3) is 19.5. The number of hydroxylamine groups is 1. The fourth-order valence-corrected chi connectivity index (χ4v) is 2.53. The molecule has 2 rings (SSSR count). The second kappa shape index (κ2) is 21.1. The molecular weight excluding hydrogens is 383 g/mol. The number of hydrogen-bond acceptors (Lipinski definition) is 5. The van der Waals surface area contributed by atoms with E-state index in [-0.39, 0.29) is 28.2 Å². The molecule has 0 radical (unpaired) electrons. The zero-order valence-electron chi connectivity index (χ0n) is 17.5. The molecule has 0 aliphatic rings. The van der Waals surface area contributed by atoms with Crippen LogP contribution in [0.3, 0.4) is 0 Å². The monoisotopic (exact) mass is 422 g/mol. The van der Waals surface area contributed by atoms with Crippen LogP contribution in [0.1, 0.15) is 46.2 Å². The van der Waals surface area contributed by atoms with Crippen molar-refractivity contribution in [1.29, 1.82) is 0 Å². The van der Waals surface area contributed by atoms with Gasteiger partial charge in [0.25, 0.3) is 0 Å². The third-order valence-corrected chi connectivity index (χ3v) is 3.66. The number of nitrogens with one attached hydrogen (secondary N) is 1. The van der Waals surface area contributed by atoms with Crippen molar-refractivity contribution >= 4 is 8.69 Å². The molecule has 0 aliphatic heterocycles. The first-order chi connectivity index (χ1) is 13.5. The fourth-order valence-electron chi connectivity index (χ4n) is 2.31. The SMILES string of the molecule is C.CCOCC.C[C@@H](Cc1ccccc1)NOP=O.C[C@H](N)Cc1ccccc1. The van der Waals surface area contributed by atoms with Gasteiger partial charge in [0.2, 0.25) is 0 Å². The summed E-state index contributed by atoms with van der Waals surface area (Å²) in [5.74, 6) is 0. The lowest BCUT2D eigenvalue weighted by atomic mass is 10.1. The minimum atomic E-state index is -0.335. The molecular formula is C23H39N2O3P. The maximum absolute atomic E-state index is 9.97. The molecule has 5 nitrogen and oxygen atoms in total. The lowest BCUT2D eigenvalue weighted by Gasteiger charge is -2.09. The molecule has 0 aliphatic carbocycles. The summed E-state index contributed by atoms with van der Waals surface area (Å²) in [4.78, 5) is 0. The van der Waals surface area contributed by atoms with Gasteiger partial charge in [-0.15, -0.1) is 0 Å². The zero-order valence-corrected chi connectivity index (χ0v) is 18.4. The van der Waals surface area contributed by atoms with Gasteiger partial charge in [0, 0.05) is 25.3 Å². The highest BCUT2D eigenvalue weighted by molar-refractivity contribution is 7.17. The minimum Gasteiger partial charge on any atom is -0.382 e. The molecule has 2 atom stereocenters. The van der Waals surface area contributed by atoms with Gasteiger partial charge in [0.15, 0.2) is 0 Å². The van der Waals surface area contributed by atoms with Crippen molar-refractivity contribution < 1.29 is 13.9 Å². The highest BCUT2D eigenvalue weighted by Crippen LogP contribution is 2.03. The van der Waals surface area contributed by atoms with Gasteiger partial charge in [-0.05, 0) is 51.7 Å². The van der Waals surface area contributed by atoms with E-state index in [0.29, 0.717) is 0 Å². The lowest BCUT2D eigenvalue weighted by molar-refractivity contribution is 0.162. The van der Waals surface area contributed by atoms with Crippen LogP contribution in [0, 0.1) is 0 Å². The Kier molecular flexibility index (Phi) is 21.5. The van der Waals surface area contributed by atoms with E-state index < -0.39 is 0 Å². The van der Waals surface area contributed by atoms with Crippen LogP contribution in [0.2, 0.25) is 0 Å². The molecule has 0 saturated carbocycles. The number of benzene rings is 2. The van der Waals surface area contributed by atoms with Crippen LogP contribution < -0.4 is 11.2 Å². The van der Waals surface area contributed by atoms with Crippen LogP contribution in [0.15, 0.2) is 60.7 Å². The Bertz CT molecular complexity index is 581. The Balaban J connectivity index is 0. The van der Waals surface area contributed by atoms with Crippen molar-refractivity contribution in [3.8, 4) is 0 Å². The summed E-state index contributed by atoms with van der Waals surface area (Å²) in [7, 11) is -0.335. The predicted molar refractivity (Wildman–Crippen MR) is 124 cm³/mol. The van der Waals surface area contributed by atoms with Crippen LogP contribution in [0.4, 0.5) is 0 Å². The highest BCUT2D eigenvalue weighted by Gasteiger charge is 2.02. The van der Waals surface area contributed by atoms with Crippen LogP contribution >= 0.6 is 8.69 Å². The topological polar surface area (TPSA) is 73.6 Å². The Labute approximate surface area is 179 Å². The maximum Gasteiger partial charge on any atom is 0.346 e. The largest absolute Gasteiger partial charge is 0.382 e. The molecule has 0 bridgehead atoms. The molecule has 0 spiro atoms. The normalized spacial score (nSPS) is 11.8. The number of ether oxygens (including phenoxy) is 1. The molecule has 0 heterocycles. The van der Waals surface area contributed by atoms with E-state index in [1.807, 2.05) is 76.2 Å². The van der Waals surface area contributed by atoms with Gasteiger partial charge >= 0.3 is 8.69 Å². The van der Waals surface area contributed by atoms with E-state index in [1.165, 1.54) is 11.1 Å². The van der Waals surface area contributed by atoms with Crippen molar-refractivity contribution in [2.24, 2.45) is 5.73 Å². The summed E-state index contributed by atoms with van der Waals surface area (Å²) in [5.41, 5.74) is 10.8. The lowest BCUT2D eigenvalue weighted by Crippen LogP contribution is -2.25. The molecule has 6 heteroatoms. The third-order valence-electron chi connectivity index (χ3n) is 3.48. The summed E-state index contributed by atoms with van der Waals surface area (Å²) in [5, 5.41) is 0. The predicted octanol–water partition coefficient (Wildman–Crippen LogP) is 5.60. The summed E-state index contributed by atoms with van der Waals surface area (Å²) in [6, 6.07) is 20.8. The van der Waals surface area contributed by atoms with E-state index in [0.717, 1.165) is 26.1 Å². The van der Waals surface area contributed by atoms with Crippen molar-refractivity contribution in [2.45, 2.75) is 60.0 Å². The summed E-state index contributed by atoms with van der Waals surface area (Å²) < 4.78 is 19.3.